The number of hydroxylamine groups is 1. The summed E-state index contributed by atoms with van der Waals surface area (Å²) in [4.78, 5) is 8.99. The molecule has 174 valence electrons. The molecule has 1 aliphatic heterocycles. The Hall–Kier alpha value is -3.02. The van der Waals surface area contributed by atoms with Gasteiger partial charge in [0, 0.05) is 18.2 Å². The van der Waals surface area contributed by atoms with Crippen molar-refractivity contribution in [1.82, 2.24) is 19.9 Å². The van der Waals surface area contributed by atoms with E-state index < -0.39 is 35.0 Å². The molecule has 1 atom stereocenters. The molecule has 0 saturated carbocycles. The number of hydrogen-bond donors (Lipinski definition) is 4. The monoisotopic (exact) mass is 457 g/mol. The van der Waals surface area contributed by atoms with Crippen LogP contribution in [-0.4, -0.2) is 45.6 Å². The van der Waals surface area contributed by atoms with Crippen molar-refractivity contribution in [2.45, 2.75) is 25.9 Å². The van der Waals surface area contributed by atoms with Crippen LogP contribution in [0, 0.1) is 23.8 Å². The number of anilines is 1. The second kappa shape index (κ2) is 8.73. The molecule has 0 fully saturated rings. The Bertz CT molecular complexity index is 1190. The minimum atomic E-state index is -1.22. The Labute approximate surface area is 189 Å². The highest BCUT2D eigenvalue weighted by Crippen LogP contribution is 2.42. The molecular formula is C23H25F2N5O3. The van der Waals surface area contributed by atoms with Crippen molar-refractivity contribution >= 4 is 17.5 Å². The first-order valence-corrected chi connectivity index (χ1v) is 10.4. The van der Waals surface area contributed by atoms with Crippen molar-refractivity contribution in [3.63, 3.8) is 0 Å². The number of rotatable bonds is 6. The molecule has 0 aliphatic carbocycles. The third-order valence-electron chi connectivity index (χ3n) is 5.76. The fourth-order valence-corrected chi connectivity index (χ4v) is 3.86. The number of quaternary nitrogens is 1. The smallest absolute Gasteiger partial charge is 0.243 e. The molecule has 1 aliphatic rings. The van der Waals surface area contributed by atoms with Gasteiger partial charge >= 0.3 is 0 Å². The number of fused-ring (bicyclic) bond motifs is 1. The van der Waals surface area contributed by atoms with Crippen LogP contribution in [0.15, 0.2) is 42.5 Å². The predicted octanol–water partition coefficient (Wildman–Crippen LogP) is 3.08. The van der Waals surface area contributed by atoms with E-state index in [2.05, 4.69) is 20.6 Å². The molecule has 2 heterocycles. The van der Waals surface area contributed by atoms with E-state index in [0.717, 1.165) is 0 Å². The molecule has 0 spiro atoms. The van der Waals surface area contributed by atoms with Crippen LogP contribution in [0.2, 0.25) is 0 Å². The molecule has 8 nitrogen and oxygen atoms in total. The lowest BCUT2D eigenvalue weighted by molar-refractivity contribution is 0.147. The van der Waals surface area contributed by atoms with Crippen molar-refractivity contribution in [1.29, 1.82) is 0 Å². The summed E-state index contributed by atoms with van der Waals surface area (Å²) in [6, 6.07) is 9.90. The number of halogens is 2. The highest BCUT2D eigenvalue weighted by molar-refractivity contribution is 5.75. The van der Waals surface area contributed by atoms with Crippen molar-refractivity contribution in [2.75, 3.05) is 25.2 Å². The van der Waals surface area contributed by atoms with Gasteiger partial charge in [0.05, 0.1) is 30.0 Å². The fourth-order valence-electron chi connectivity index (χ4n) is 3.86. The molecule has 4 rings (SSSR count). The third-order valence-corrected chi connectivity index (χ3v) is 5.76. The maximum Gasteiger partial charge on any atom is 0.243 e. The van der Waals surface area contributed by atoms with E-state index >= 15 is 0 Å². The largest absolute Gasteiger partial charge is 0.620 e. The first-order chi connectivity index (χ1) is 15.7. The van der Waals surface area contributed by atoms with Crippen LogP contribution in [0.5, 0.6) is 0 Å². The summed E-state index contributed by atoms with van der Waals surface area (Å²) in [5, 5.41) is 39.5. The van der Waals surface area contributed by atoms with E-state index in [-0.39, 0.29) is 30.7 Å². The number of aliphatic hydroxyl groups is 2. The van der Waals surface area contributed by atoms with Crippen LogP contribution < -0.4 is 15.3 Å². The van der Waals surface area contributed by atoms with Gasteiger partial charge in [0.2, 0.25) is 11.8 Å². The summed E-state index contributed by atoms with van der Waals surface area (Å²) in [5.74, 6) is -1.09. The van der Waals surface area contributed by atoms with E-state index in [1.807, 2.05) is 0 Å². The Morgan fingerprint density at radius 3 is 2.55 bits per heavy atom. The summed E-state index contributed by atoms with van der Waals surface area (Å²) in [6.45, 7) is 2.51. The van der Waals surface area contributed by atoms with Crippen molar-refractivity contribution in [3.8, 4) is 11.3 Å². The fraction of sp³-hybridized carbons (Fsp3) is 0.304. The van der Waals surface area contributed by atoms with Crippen molar-refractivity contribution in [2.24, 2.45) is 0 Å². The number of aliphatic hydroxyl groups excluding tert-OH is 2. The molecule has 0 saturated heterocycles. The lowest BCUT2D eigenvalue weighted by Crippen LogP contribution is -2.51. The van der Waals surface area contributed by atoms with Gasteiger partial charge in [0.25, 0.3) is 0 Å². The topological polar surface area (TPSA) is 113 Å². The van der Waals surface area contributed by atoms with Gasteiger partial charge in [-0.25, -0.2) is 13.8 Å². The molecule has 0 amide bonds. The van der Waals surface area contributed by atoms with Gasteiger partial charge in [-0.1, -0.05) is 12.1 Å². The number of nitrogens with one attached hydrogen (secondary N) is 2. The van der Waals surface area contributed by atoms with Gasteiger partial charge in [0.15, 0.2) is 11.5 Å². The zero-order valence-corrected chi connectivity index (χ0v) is 18.3. The number of nitrogens with zero attached hydrogens (tertiary/aromatic N) is 3. The normalized spacial score (nSPS) is 18.2. The number of para-hydroxylation sites is 1. The molecule has 0 radical (unpaired) electrons. The van der Waals surface area contributed by atoms with E-state index in [9.17, 15) is 24.2 Å². The van der Waals surface area contributed by atoms with Gasteiger partial charge in [-0.05, 0) is 43.7 Å². The van der Waals surface area contributed by atoms with E-state index in [1.54, 1.807) is 26.0 Å². The molecule has 2 aromatic carbocycles. The molecule has 1 aromatic heterocycles. The Morgan fingerprint density at radius 2 is 1.88 bits per heavy atom. The van der Waals surface area contributed by atoms with E-state index in [4.69, 9.17) is 0 Å². The molecule has 3 aromatic rings. The Kier molecular flexibility index (Phi) is 6.12. The van der Waals surface area contributed by atoms with Crippen LogP contribution in [0.1, 0.15) is 18.1 Å². The Morgan fingerprint density at radius 1 is 1.15 bits per heavy atom. The lowest BCUT2D eigenvalue weighted by atomic mass is 9.99. The summed E-state index contributed by atoms with van der Waals surface area (Å²) in [7, 11) is 0. The Balaban J connectivity index is 1.99. The minimum absolute atomic E-state index is 0.0188. The predicted molar refractivity (Wildman–Crippen MR) is 121 cm³/mol. The molecular weight excluding hydrogens is 432 g/mol. The molecule has 10 heteroatoms. The van der Waals surface area contributed by atoms with Gasteiger partial charge in [0.1, 0.15) is 12.5 Å². The number of benzene rings is 2. The van der Waals surface area contributed by atoms with Crippen LogP contribution in [-0.2, 0) is 6.54 Å². The second-order valence-electron chi connectivity index (χ2n) is 8.44. The number of aryl methyl sites for hydroxylation is 1. The third kappa shape index (κ3) is 4.19. The molecule has 1 unspecified atom stereocenters. The van der Waals surface area contributed by atoms with Crippen LogP contribution in [0.3, 0.4) is 0 Å². The maximum absolute atomic E-state index is 14.7. The minimum Gasteiger partial charge on any atom is -0.620 e. The summed E-state index contributed by atoms with van der Waals surface area (Å²) < 4.78 is 27.3. The molecule has 33 heavy (non-hydrogen) atoms. The van der Waals surface area contributed by atoms with E-state index in [1.165, 1.54) is 30.3 Å². The van der Waals surface area contributed by atoms with Gasteiger partial charge in [-0.2, -0.15) is 4.98 Å². The van der Waals surface area contributed by atoms with Gasteiger partial charge < -0.3 is 20.7 Å². The van der Waals surface area contributed by atoms with Gasteiger partial charge in [-0.3, -0.25) is 9.96 Å². The molecule has 0 bridgehead atoms. The second-order valence-corrected chi connectivity index (χ2v) is 8.44. The van der Waals surface area contributed by atoms with Gasteiger partial charge in [-0.15, -0.1) is 0 Å². The maximum atomic E-state index is 14.7. The quantitative estimate of drug-likeness (QED) is 0.332. The van der Waals surface area contributed by atoms with Crippen LogP contribution in [0.25, 0.3) is 11.3 Å². The number of aromatic nitrogens is 2. The summed E-state index contributed by atoms with van der Waals surface area (Å²) >= 11 is 0. The average molecular weight is 457 g/mol. The highest BCUT2D eigenvalue weighted by atomic mass is 19.1. The first kappa shape index (κ1) is 23.1. The summed E-state index contributed by atoms with van der Waals surface area (Å²) in [6.07, 6.45) is 0. The lowest BCUT2D eigenvalue weighted by Gasteiger charge is -2.44. The highest BCUT2D eigenvalue weighted by Gasteiger charge is 2.38. The van der Waals surface area contributed by atoms with Crippen molar-refractivity contribution < 1.29 is 19.0 Å². The number of hydrogen-bond acceptors (Lipinski definition) is 7. The summed E-state index contributed by atoms with van der Waals surface area (Å²) in [5.41, 5.74) is 0.706. The van der Waals surface area contributed by atoms with Crippen LogP contribution in [0.4, 0.5) is 26.2 Å². The zero-order valence-electron chi connectivity index (χ0n) is 18.3. The zero-order chi connectivity index (χ0) is 23.8. The average Bonchev–Trinajstić information content (AvgIpc) is 2.79. The van der Waals surface area contributed by atoms with E-state index in [0.29, 0.717) is 22.4 Å². The SMILES string of the molecule is Cc1cc(F)ccc1-c1nc(NC(C)(CO)CO)nc2c1CNC[N+]2([O-])c1ccccc1F. The van der Waals surface area contributed by atoms with Crippen LogP contribution >= 0.6 is 0 Å². The van der Waals surface area contributed by atoms with Crippen molar-refractivity contribution in [3.05, 3.63) is 70.4 Å². The molecule has 4 N–H and O–H groups in total. The standard InChI is InChI=1S/C23H25F2N5O3/c1-14-9-15(24)7-8-16(14)20-17-10-26-13-30(33,19-6-4-3-5-18(19)25)21(17)28-22(27-20)29-23(2,11-31)12-32/h3-9,26,31-32H,10-13H2,1-2H3,(H,27,28,29). The first-order valence-electron chi connectivity index (χ1n) is 10.4.